The Morgan fingerprint density at radius 1 is 1.26 bits per heavy atom. The molecule has 1 aromatic carbocycles. The van der Waals surface area contributed by atoms with Crippen molar-refractivity contribution in [3.63, 3.8) is 0 Å². The van der Waals surface area contributed by atoms with Crippen molar-refractivity contribution in [2.75, 3.05) is 5.75 Å². The Morgan fingerprint density at radius 3 is 2.58 bits per heavy atom. The van der Waals surface area contributed by atoms with E-state index in [1.807, 2.05) is 18.2 Å². The van der Waals surface area contributed by atoms with E-state index in [0.29, 0.717) is 22.0 Å². The molecule has 0 bridgehead atoms. The number of H-pyrrole nitrogens is 1. The highest BCUT2D eigenvalue weighted by Gasteiger charge is 2.09. The molecular weight excluding hydrogens is 260 g/mol. The molecule has 0 aliphatic heterocycles. The second-order valence-electron chi connectivity index (χ2n) is 4.16. The fraction of sp³-hybridized carbons (Fsp3) is 0.214. The van der Waals surface area contributed by atoms with E-state index in [4.69, 9.17) is 0 Å². The monoisotopic (exact) mass is 274 g/mol. The molecule has 1 aromatic heterocycles. The number of hydrogen-bond acceptors (Lipinski definition) is 4. The van der Waals surface area contributed by atoms with Crippen LogP contribution < -0.4 is 5.56 Å². The summed E-state index contributed by atoms with van der Waals surface area (Å²) in [6.45, 7) is 3.51. The van der Waals surface area contributed by atoms with Gasteiger partial charge in [0.05, 0.1) is 5.75 Å². The Labute approximate surface area is 115 Å². The van der Waals surface area contributed by atoms with Gasteiger partial charge in [-0.3, -0.25) is 9.59 Å². The van der Waals surface area contributed by atoms with Gasteiger partial charge in [-0.05, 0) is 13.8 Å². The van der Waals surface area contributed by atoms with Crippen molar-refractivity contribution in [3.8, 4) is 0 Å². The molecule has 0 spiro atoms. The summed E-state index contributed by atoms with van der Waals surface area (Å²) in [4.78, 5) is 30.4. The summed E-state index contributed by atoms with van der Waals surface area (Å²) in [5.41, 5.74) is 1.82. The maximum Gasteiger partial charge on any atom is 0.254 e. The molecule has 98 valence electrons. The average Bonchev–Trinajstić information content (AvgIpc) is 2.43. The molecule has 0 amide bonds. The number of ketones is 1. The standard InChI is InChI=1S/C14H14N2O2S/c1-9-10(2)15-14(16-13(9)18)19-8-12(17)11-6-4-3-5-7-11/h3-7H,8H2,1-2H3,(H,15,16,18). The van der Waals surface area contributed by atoms with Crippen LogP contribution in [-0.2, 0) is 0 Å². The summed E-state index contributed by atoms with van der Waals surface area (Å²) in [7, 11) is 0. The molecule has 5 heteroatoms. The Kier molecular flexibility index (Phi) is 4.16. The van der Waals surface area contributed by atoms with Crippen LogP contribution in [-0.4, -0.2) is 21.5 Å². The normalized spacial score (nSPS) is 10.4. The van der Waals surface area contributed by atoms with Crippen molar-refractivity contribution in [1.82, 2.24) is 9.97 Å². The van der Waals surface area contributed by atoms with E-state index in [1.54, 1.807) is 26.0 Å². The second kappa shape index (κ2) is 5.84. The molecule has 0 saturated carbocycles. The summed E-state index contributed by atoms with van der Waals surface area (Å²) in [5.74, 6) is 0.279. The van der Waals surface area contributed by atoms with Gasteiger partial charge in [-0.15, -0.1) is 0 Å². The van der Waals surface area contributed by atoms with Gasteiger partial charge in [-0.25, -0.2) is 4.98 Å². The van der Waals surface area contributed by atoms with Crippen LogP contribution in [0.5, 0.6) is 0 Å². The molecule has 19 heavy (non-hydrogen) atoms. The van der Waals surface area contributed by atoms with E-state index in [0.717, 1.165) is 0 Å². The number of aromatic nitrogens is 2. The van der Waals surface area contributed by atoms with Crippen LogP contribution in [0.1, 0.15) is 21.6 Å². The van der Waals surface area contributed by atoms with Crippen molar-refractivity contribution in [2.24, 2.45) is 0 Å². The molecule has 1 heterocycles. The van der Waals surface area contributed by atoms with Crippen LogP contribution in [0, 0.1) is 13.8 Å². The molecule has 0 unspecified atom stereocenters. The third-order valence-corrected chi connectivity index (χ3v) is 3.68. The molecule has 4 nitrogen and oxygen atoms in total. The second-order valence-corrected chi connectivity index (χ2v) is 5.12. The van der Waals surface area contributed by atoms with E-state index in [9.17, 15) is 9.59 Å². The third-order valence-electron chi connectivity index (χ3n) is 2.81. The topological polar surface area (TPSA) is 62.8 Å². The number of aryl methyl sites for hydroxylation is 1. The number of nitrogens with zero attached hydrogens (tertiary/aromatic N) is 1. The van der Waals surface area contributed by atoms with Gasteiger partial charge >= 0.3 is 0 Å². The number of rotatable bonds is 4. The molecule has 0 atom stereocenters. The van der Waals surface area contributed by atoms with Crippen LogP contribution in [0.2, 0.25) is 0 Å². The molecule has 0 fully saturated rings. The first-order chi connectivity index (χ1) is 9.08. The van der Waals surface area contributed by atoms with Crippen LogP contribution in [0.3, 0.4) is 0 Å². The largest absolute Gasteiger partial charge is 0.301 e. The number of aromatic amines is 1. The van der Waals surface area contributed by atoms with Gasteiger partial charge in [0.1, 0.15) is 0 Å². The van der Waals surface area contributed by atoms with Crippen LogP contribution in [0.15, 0.2) is 40.3 Å². The van der Waals surface area contributed by atoms with E-state index in [1.165, 1.54) is 11.8 Å². The van der Waals surface area contributed by atoms with Crippen LogP contribution >= 0.6 is 11.8 Å². The van der Waals surface area contributed by atoms with Crippen LogP contribution in [0.25, 0.3) is 0 Å². The van der Waals surface area contributed by atoms with Gasteiger partial charge in [0.25, 0.3) is 5.56 Å². The van der Waals surface area contributed by atoms with Crippen molar-refractivity contribution >= 4 is 17.5 Å². The van der Waals surface area contributed by atoms with E-state index in [-0.39, 0.29) is 17.1 Å². The highest BCUT2D eigenvalue weighted by molar-refractivity contribution is 7.99. The Balaban J connectivity index is 2.08. The van der Waals surface area contributed by atoms with Crippen molar-refractivity contribution < 1.29 is 4.79 Å². The average molecular weight is 274 g/mol. The van der Waals surface area contributed by atoms with Gasteiger partial charge in [-0.2, -0.15) is 0 Å². The summed E-state index contributed by atoms with van der Waals surface area (Å²) in [6, 6.07) is 9.08. The number of thioether (sulfide) groups is 1. The first kappa shape index (κ1) is 13.5. The fourth-order valence-electron chi connectivity index (χ4n) is 1.53. The number of hydrogen-bond donors (Lipinski definition) is 1. The molecule has 0 aliphatic rings. The highest BCUT2D eigenvalue weighted by atomic mass is 32.2. The molecule has 0 radical (unpaired) electrons. The molecule has 0 saturated heterocycles. The minimum absolute atomic E-state index is 0.0199. The van der Waals surface area contributed by atoms with Gasteiger partial charge in [-0.1, -0.05) is 42.1 Å². The number of benzene rings is 1. The zero-order valence-corrected chi connectivity index (χ0v) is 11.6. The Bertz CT molecular complexity index is 650. The van der Waals surface area contributed by atoms with Gasteiger partial charge < -0.3 is 4.98 Å². The van der Waals surface area contributed by atoms with Crippen molar-refractivity contribution in [2.45, 2.75) is 19.0 Å². The lowest BCUT2D eigenvalue weighted by molar-refractivity contribution is 0.102. The minimum Gasteiger partial charge on any atom is -0.301 e. The lowest BCUT2D eigenvalue weighted by Crippen LogP contribution is -2.14. The summed E-state index contributed by atoms with van der Waals surface area (Å²) in [6.07, 6.45) is 0. The molecule has 2 rings (SSSR count). The summed E-state index contributed by atoms with van der Waals surface area (Å²) >= 11 is 1.24. The smallest absolute Gasteiger partial charge is 0.254 e. The lowest BCUT2D eigenvalue weighted by atomic mass is 10.2. The zero-order valence-electron chi connectivity index (χ0n) is 10.8. The zero-order chi connectivity index (χ0) is 13.8. The fourth-order valence-corrected chi connectivity index (χ4v) is 2.33. The SMILES string of the molecule is Cc1nc(SCC(=O)c2ccccc2)[nH]c(=O)c1C. The van der Waals surface area contributed by atoms with Gasteiger partial charge in [0.2, 0.25) is 0 Å². The van der Waals surface area contributed by atoms with E-state index in [2.05, 4.69) is 9.97 Å². The van der Waals surface area contributed by atoms with E-state index >= 15 is 0 Å². The Morgan fingerprint density at radius 2 is 1.95 bits per heavy atom. The highest BCUT2D eigenvalue weighted by Crippen LogP contribution is 2.14. The lowest BCUT2D eigenvalue weighted by Gasteiger charge is -2.03. The first-order valence-corrected chi connectivity index (χ1v) is 6.85. The van der Waals surface area contributed by atoms with Crippen LogP contribution in [0.4, 0.5) is 0 Å². The van der Waals surface area contributed by atoms with Crippen molar-refractivity contribution in [1.29, 1.82) is 0 Å². The van der Waals surface area contributed by atoms with Crippen molar-refractivity contribution in [3.05, 3.63) is 57.5 Å². The predicted molar refractivity (Wildman–Crippen MR) is 75.8 cm³/mol. The maximum absolute atomic E-state index is 11.9. The molecule has 1 N–H and O–H groups in total. The first-order valence-electron chi connectivity index (χ1n) is 5.86. The maximum atomic E-state index is 11.9. The number of carbonyl (C=O) groups excluding carboxylic acids is 1. The van der Waals surface area contributed by atoms with Gasteiger partial charge in [0, 0.05) is 16.8 Å². The minimum atomic E-state index is -0.151. The Hall–Kier alpha value is -1.88. The number of nitrogens with one attached hydrogen (secondary N) is 1. The summed E-state index contributed by atoms with van der Waals surface area (Å²) in [5, 5.41) is 0.484. The summed E-state index contributed by atoms with van der Waals surface area (Å²) < 4.78 is 0. The number of carbonyl (C=O) groups is 1. The number of Topliss-reactive ketones (excluding diaryl/α,β-unsaturated/α-hetero) is 1. The van der Waals surface area contributed by atoms with Gasteiger partial charge in [0.15, 0.2) is 10.9 Å². The molecular formula is C14H14N2O2S. The van der Waals surface area contributed by atoms with E-state index < -0.39 is 0 Å². The third kappa shape index (κ3) is 3.32. The molecule has 2 aromatic rings. The quantitative estimate of drug-likeness (QED) is 0.528. The molecule has 0 aliphatic carbocycles. The predicted octanol–water partition coefficient (Wildman–Crippen LogP) is 2.36.